The van der Waals surface area contributed by atoms with Crippen LogP contribution in [0.3, 0.4) is 0 Å². The Labute approximate surface area is 124 Å². The fraction of sp³-hybridized carbons (Fsp3) is 0. The van der Waals surface area contributed by atoms with Crippen LogP contribution in [0.1, 0.15) is 5.56 Å². The molecule has 0 atom stereocenters. The van der Waals surface area contributed by atoms with Gasteiger partial charge in [-0.3, -0.25) is 10.5 Å². The molecule has 0 amide bonds. The number of hydrazone groups is 1. The first-order valence-corrected chi connectivity index (χ1v) is 6.88. The van der Waals surface area contributed by atoms with Crippen molar-refractivity contribution in [3.05, 3.63) is 57.8 Å². The summed E-state index contributed by atoms with van der Waals surface area (Å²) in [5, 5.41) is 12.5. The van der Waals surface area contributed by atoms with Crippen molar-refractivity contribution in [2.75, 3.05) is 5.43 Å². The van der Waals surface area contributed by atoms with Gasteiger partial charge in [0.25, 0.3) is 0 Å². The van der Waals surface area contributed by atoms with Crippen molar-refractivity contribution in [3.63, 3.8) is 0 Å². The summed E-state index contributed by atoms with van der Waals surface area (Å²) in [5.41, 5.74) is 5.92. The molecule has 0 aliphatic carbocycles. The first-order chi connectivity index (χ1) is 9.33. The first kappa shape index (κ1) is 12.2. The summed E-state index contributed by atoms with van der Waals surface area (Å²) in [7, 11) is 0. The van der Waals surface area contributed by atoms with Crippen molar-refractivity contribution in [2.24, 2.45) is 5.10 Å². The molecule has 3 rings (SSSR count). The standard InChI is InChI=1S/C14H11IN4/c15-14-12-7-6-10(8-13(12)18-19-14)9-16-17-11-4-2-1-3-5-11/h1-9,17H,(H,18,19). The molecule has 4 nitrogen and oxygen atoms in total. The van der Waals surface area contributed by atoms with Crippen molar-refractivity contribution in [2.45, 2.75) is 0 Å². The number of rotatable bonds is 3. The van der Waals surface area contributed by atoms with Crippen LogP contribution < -0.4 is 5.43 Å². The van der Waals surface area contributed by atoms with E-state index in [2.05, 4.69) is 43.3 Å². The molecule has 94 valence electrons. The third-order valence-corrected chi connectivity index (χ3v) is 3.54. The average Bonchev–Trinajstić information content (AvgIpc) is 2.81. The number of benzene rings is 2. The van der Waals surface area contributed by atoms with E-state index in [0.717, 1.165) is 25.9 Å². The summed E-state index contributed by atoms with van der Waals surface area (Å²) in [4.78, 5) is 0. The number of fused-ring (bicyclic) bond motifs is 1. The predicted octanol–water partition coefficient (Wildman–Crippen LogP) is 3.61. The summed E-state index contributed by atoms with van der Waals surface area (Å²) >= 11 is 2.24. The molecule has 2 aromatic carbocycles. The summed E-state index contributed by atoms with van der Waals surface area (Å²) in [5.74, 6) is 0. The quantitative estimate of drug-likeness (QED) is 0.425. The molecule has 5 heteroatoms. The number of para-hydroxylation sites is 1. The number of H-pyrrole nitrogens is 1. The minimum Gasteiger partial charge on any atom is -0.279 e. The average molecular weight is 362 g/mol. The number of halogens is 1. The minimum atomic E-state index is 0.952. The highest BCUT2D eigenvalue weighted by molar-refractivity contribution is 14.1. The fourth-order valence-corrected chi connectivity index (χ4v) is 2.35. The van der Waals surface area contributed by atoms with Crippen molar-refractivity contribution in [3.8, 4) is 0 Å². The highest BCUT2D eigenvalue weighted by atomic mass is 127. The van der Waals surface area contributed by atoms with E-state index in [1.165, 1.54) is 0 Å². The predicted molar refractivity (Wildman–Crippen MR) is 86.5 cm³/mol. The largest absolute Gasteiger partial charge is 0.279 e. The Morgan fingerprint density at radius 3 is 2.84 bits per heavy atom. The number of aromatic nitrogens is 2. The summed E-state index contributed by atoms with van der Waals surface area (Å²) < 4.78 is 1.05. The molecule has 0 fully saturated rings. The number of nitrogens with one attached hydrogen (secondary N) is 2. The Balaban J connectivity index is 1.78. The summed E-state index contributed by atoms with van der Waals surface area (Å²) in [6, 6.07) is 15.9. The normalized spacial score (nSPS) is 11.2. The molecule has 1 heterocycles. The minimum absolute atomic E-state index is 0.952. The van der Waals surface area contributed by atoms with Gasteiger partial charge in [0, 0.05) is 5.39 Å². The van der Waals surface area contributed by atoms with Crippen LogP contribution in [0.25, 0.3) is 10.9 Å². The van der Waals surface area contributed by atoms with Crippen LogP contribution in [0.5, 0.6) is 0 Å². The SMILES string of the molecule is Ic1[nH]nc2cc(C=NNc3ccccc3)ccc12. The molecule has 0 saturated carbocycles. The lowest BCUT2D eigenvalue weighted by atomic mass is 10.2. The molecule has 3 aromatic rings. The Morgan fingerprint density at radius 2 is 2.00 bits per heavy atom. The van der Waals surface area contributed by atoms with Crippen molar-refractivity contribution in [1.82, 2.24) is 10.2 Å². The van der Waals surface area contributed by atoms with E-state index in [1.807, 2.05) is 48.5 Å². The van der Waals surface area contributed by atoms with E-state index in [-0.39, 0.29) is 0 Å². The molecular weight excluding hydrogens is 351 g/mol. The molecule has 0 spiro atoms. The zero-order valence-corrected chi connectivity index (χ0v) is 12.1. The first-order valence-electron chi connectivity index (χ1n) is 5.81. The second kappa shape index (κ2) is 5.40. The Morgan fingerprint density at radius 1 is 1.16 bits per heavy atom. The van der Waals surface area contributed by atoms with Gasteiger partial charge in [-0.15, -0.1) is 0 Å². The molecule has 19 heavy (non-hydrogen) atoms. The highest BCUT2D eigenvalue weighted by Crippen LogP contribution is 2.18. The lowest BCUT2D eigenvalue weighted by Crippen LogP contribution is -1.90. The van der Waals surface area contributed by atoms with E-state index in [4.69, 9.17) is 0 Å². The number of hydrogen-bond acceptors (Lipinski definition) is 3. The third-order valence-electron chi connectivity index (χ3n) is 2.71. The van der Waals surface area contributed by atoms with Crippen LogP contribution in [-0.2, 0) is 0 Å². The van der Waals surface area contributed by atoms with Crippen LogP contribution in [0, 0.1) is 3.70 Å². The highest BCUT2D eigenvalue weighted by Gasteiger charge is 2.01. The lowest BCUT2D eigenvalue weighted by Gasteiger charge is -1.98. The van der Waals surface area contributed by atoms with Gasteiger partial charge in [-0.05, 0) is 52.4 Å². The van der Waals surface area contributed by atoms with E-state index < -0.39 is 0 Å². The second-order valence-corrected chi connectivity index (χ2v) is 5.13. The lowest BCUT2D eigenvalue weighted by molar-refractivity contribution is 1.09. The van der Waals surface area contributed by atoms with Gasteiger partial charge in [-0.1, -0.05) is 24.3 Å². The van der Waals surface area contributed by atoms with Gasteiger partial charge in [-0.25, -0.2) is 0 Å². The van der Waals surface area contributed by atoms with E-state index >= 15 is 0 Å². The Kier molecular flexibility index (Phi) is 3.45. The summed E-state index contributed by atoms with van der Waals surface area (Å²) in [6.07, 6.45) is 1.79. The molecule has 0 unspecified atom stereocenters. The molecule has 0 aliphatic rings. The van der Waals surface area contributed by atoms with E-state index in [0.29, 0.717) is 0 Å². The van der Waals surface area contributed by atoms with Crippen LogP contribution in [0.2, 0.25) is 0 Å². The van der Waals surface area contributed by atoms with Crippen molar-refractivity contribution >= 4 is 45.4 Å². The van der Waals surface area contributed by atoms with E-state index in [9.17, 15) is 0 Å². The zero-order chi connectivity index (χ0) is 13.1. The molecule has 2 N–H and O–H groups in total. The van der Waals surface area contributed by atoms with Crippen LogP contribution in [-0.4, -0.2) is 16.4 Å². The monoisotopic (exact) mass is 362 g/mol. The van der Waals surface area contributed by atoms with Gasteiger partial charge in [-0.2, -0.15) is 10.2 Å². The van der Waals surface area contributed by atoms with Gasteiger partial charge in [0.1, 0.15) is 3.70 Å². The molecular formula is C14H11IN4. The topological polar surface area (TPSA) is 53.1 Å². The van der Waals surface area contributed by atoms with Crippen LogP contribution >= 0.6 is 22.6 Å². The molecule has 1 aromatic heterocycles. The number of anilines is 1. The fourth-order valence-electron chi connectivity index (χ4n) is 1.77. The molecule has 0 radical (unpaired) electrons. The number of aromatic amines is 1. The Hall–Kier alpha value is -1.89. The number of nitrogens with zero attached hydrogens (tertiary/aromatic N) is 2. The van der Waals surface area contributed by atoms with Crippen LogP contribution in [0.15, 0.2) is 53.6 Å². The maximum atomic E-state index is 4.23. The second-order valence-electron chi connectivity index (χ2n) is 4.05. The van der Waals surface area contributed by atoms with E-state index in [1.54, 1.807) is 6.21 Å². The van der Waals surface area contributed by atoms with Crippen LogP contribution in [0.4, 0.5) is 5.69 Å². The van der Waals surface area contributed by atoms with Gasteiger partial charge in [0.2, 0.25) is 0 Å². The molecule has 0 saturated heterocycles. The van der Waals surface area contributed by atoms with Crippen molar-refractivity contribution < 1.29 is 0 Å². The molecule has 0 aliphatic heterocycles. The zero-order valence-electron chi connectivity index (χ0n) is 9.97. The molecule has 0 bridgehead atoms. The maximum Gasteiger partial charge on any atom is 0.104 e. The Bertz CT molecular complexity index is 719. The maximum absolute atomic E-state index is 4.23. The van der Waals surface area contributed by atoms with Gasteiger partial charge >= 0.3 is 0 Å². The van der Waals surface area contributed by atoms with Gasteiger partial charge in [0.15, 0.2) is 0 Å². The van der Waals surface area contributed by atoms with Crippen molar-refractivity contribution in [1.29, 1.82) is 0 Å². The van der Waals surface area contributed by atoms with Gasteiger partial charge in [0.05, 0.1) is 17.4 Å². The number of hydrogen-bond donors (Lipinski definition) is 2. The third kappa shape index (κ3) is 2.76. The summed E-state index contributed by atoms with van der Waals surface area (Å²) in [6.45, 7) is 0. The van der Waals surface area contributed by atoms with Gasteiger partial charge < -0.3 is 0 Å². The smallest absolute Gasteiger partial charge is 0.104 e.